The summed E-state index contributed by atoms with van der Waals surface area (Å²) in [5, 5.41) is 3.43. The van der Waals surface area contributed by atoms with Crippen LogP contribution in [-0.4, -0.2) is 29.2 Å². The van der Waals surface area contributed by atoms with E-state index in [1.807, 2.05) is 12.2 Å². The highest BCUT2D eigenvalue weighted by Crippen LogP contribution is 2.35. The summed E-state index contributed by atoms with van der Waals surface area (Å²) in [5.74, 6) is -1.16. The Kier molecular flexibility index (Phi) is 4.92. The lowest BCUT2D eigenvalue weighted by molar-refractivity contribution is -0.140. The van der Waals surface area contributed by atoms with E-state index in [1.165, 1.54) is 4.90 Å². The molecule has 0 bridgehead atoms. The highest BCUT2D eigenvalue weighted by molar-refractivity contribution is 6.42. The first kappa shape index (κ1) is 17.0. The first-order chi connectivity index (χ1) is 11.5. The number of carbonyl (C=O) groups is 3. The molecule has 1 saturated heterocycles. The number of nitrogens with zero attached hydrogens (tertiary/aromatic N) is 1. The summed E-state index contributed by atoms with van der Waals surface area (Å²) in [6, 6.07) is 4.78. The normalized spacial score (nSPS) is 22.7. The molecule has 24 heavy (non-hydrogen) atoms. The molecule has 1 N–H and O–H groups in total. The zero-order valence-electron chi connectivity index (χ0n) is 12.8. The second-order valence-electron chi connectivity index (χ2n) is 5.91. The number of anilines is 1. The van der Waals surface area contributed by atoms with E-state index in [-0.39, 0.29) is 42.5 Å². The Balaban J connectivity index is 1.57. The van der Waals surface area contributed by atoms with Crippen LogP contribution < -0.4 is 5.32 Å². The molecule has 5 nitrogen and oxygen atoms in total. The number of amides is 3. The molecule has 1 aromatic rings. The third-order valence-corrected chi connectivity index (χ3v) is 5.10. The Labute approximate surface area is 149 Å². The van der Waals surface area contributed by atoms with Gasteiger partial charge in [-0.1, -0.05) is 35.4 Å². The highest BCUT2D eigenvalue weighted by atomic mass is 35.5. The molecule has 0 aromatic heterocycles. The van der Waals surface area contributed by atoms with Crippen molar-refractivity contribution in [3.05, 3.63) is 40.4 Å². The molecule has 0 saturated carbocycles. The average Bonchev–Trinajstić information content (AvgIpc) is 2.81. The summed E-state index contributed by atoms with van der Waals surface area (Å²) in [4.78, 5) is 37.9. The zero-order valence-corrected chi connectivity index (χ0v) is 14.3. The number of hydrogen-bond acceptors (Lipinski definition) is 3. The number of hydrogen-bond donors (Lipinski definition) is 1. The molecule has 2 atom stereocenters. The lowest BCUT2D eigenvalue weighted by Gasteiger charge is -2.14. The van der Waals surface area contributed by atoms with E-state index in [2.05, 4.69) is 5.32 Å². The van der Waals surface area contributed by atoms with E-state index >= 15 is 0 Å². The maximum atomic E-state index is 12.3. The SMILES string of the molecule is O=C(CCN1C(=O)[C@@H]2CC=CC[C@H]2C1=O)Nc1ccc(Cl)c(Cl)c1. The predicted molar refractivity (Wildman–Crippen MR) is 91.8 cm³/mol. The quantitative estimate of drug-likeness (QED) is 0.656. The van der Waals surface area contributed by atoms with Crippen molar-refractivity contribution in [2.24, 2.45) is 11.8 Å². The second kappa shape index (κ2) is 6.95. The van der Waals surface area contributed by atoms with Gasteiger partial charge >= 0.3 is 0 Å². The molecular weight excluding hydrogens is 351 g/mol. The molecule has 2 aliphatic rings. The molecular formula is C17H16Cl2N2O3. The van der Waals surface area contributed by atoms with Crippen molar-refractivity contribution in [1.29, 1.82) is 0 Å². The van der Waals surface area contributed by atoms with Crippen LogP contribution in [0.4, 0.5) is 5.69 Å². The van der Waals surface area contributed by atoms with Crippen molar-refractivity contribution >= 4 is 46.6 Å². The number of imide groups is 1. The summed E-state index contributed by atoms with van der Waals surface area (Å²) in [6.45, 7) is 0.0951. The van der Waals surface area contributed by atoms with Crippen molar-refractivity contribution in [2.45, 2.75) is 19.3 Å². The number of likely N-dealkylation sites (tertiary alicyclic amines) is 1. The lowest BCUT2D eigenvalue weighted by atomic mass is 9.85. The minimum Gasteiger partial charge on any atom is -0.326 e. The Morgan fingerprint density at radius 3 is 2.29 bits per heavy atom. The van der Waals surface area contributed by atoms with E-state index in [0.717, 1.165) is 0 Å². The number of halogens is 2. The van der Waals surface area contributed by atoms with Crippen LogP contribution in [0.25, 0.3) is 0 Å². The lowest BCUT2D eigenvalue weighted by Crippen LogP contribution is -2.34. The van der Waals surface area contributed by atoms with Crippen molar-refractivity contribution in [3.8, 4) is 0 Å². The largest absolute Gasteiger partial charge is 0.326 e. The first-order valence-corrected chi connectivity index (χ1v) is 8.48. The molecule has 1 aliphatic heterocycles. The number of allylic oxidation sites excluding steroid dienone is 2. The summed E-state index contributed by atoms with van der Waals surface area (Å²) in [6.07, 6.45) is 5.12. The smallest absolute Gasteiger partial charge is 0.233 e. The summed E-state index contributed by atoms with van der Waals surface area (Å²) in [5.41, 5.74) is 0.520. The third-order valence-electron chi connectivity index (χ3n) is 4.36. The fraction of sp³-hybridized carbons (Fsp3) is 0.353. The number of rotatable bonds is 4. The van der Waals surface area contributed by atoms with Crippen molar-refractivity contribution in [1.82, 2.24) is 4.90 Å². The number of carbonyl (C=O) groups excluding carboxylic acids is 3. The third kappa shape index (κ3) is 3.32. The molecule has 1 heterocycles. The molecule has 126 valence electrons. The molecule has 0 unspecified atom stereocenters. The highest BCUT2D eigenvalue weighted by Gasteiger charge is 2.46. The maximum Gasteiger partial charge on any atom is 0.233 e. The molecule has 1 aliphatic carbocycles. The fourth-order valence-electron chi connectivity index (χ4n) is 3.10. The van der Waals surface area contributed by atoms with E-state index in [0.29, 0.717) is 28.6 Å². The van der Waals surface area contributed by atoms with E-state index in [9.17, 15) is 14.4 Å². The zero-order chi connectivity index (χ0) is 17.3. The number of nitrogens with one attached hydrogen (secondary N) is 1. The first-order valence-electron chi connectivity index (χ1n) is 7.72. The van der Waals surface area contributed by atoms with Crippen LogP contribution in [0.3, 0.4) is 0 Å². The van der Waals surface area contributed by atoms with Gasteiger partial charge in [0.25, 0.3) is 0 Å². The number of fused-ring (bicyclic) bond motifs is 1. The monoisotopic (exact) mass is 366 g/mol. The van der Waals surface area contributed by atoms with Crippen LogP contribution in [0.2, 0.25) is 10.0 Å². The molecule has 3 amide bonds. The molecule has 0 radical (unpaired) electrons. The Bertz CT molecular complexity index is 707. The van der Waals surface area contributed by atoms with Gasteiger partial charge in [-0.05, 0) is 31.0 Å². The molecule has 7 heteroatoms. The standard InChI is InChI=1S/C17H16Cl2N2O3/c18-13-6-5-10(9-14(13)19)20-15(22)7-8-21-16(23)11-3-1-2-4-12(11)17(21)24/h1-2,5-6,9,11-12H,3-4,7-8H2,(H,20,22)/t11-,12-/m1/s1. The van der Waals surface area contributed by atoms with Gasteiger partial charge in [-0.25, -0.2) is 0 Å². The maximum absolute atomic E-state index is 12.3. The van der Waals surface area contributed by atoms with Gasteiger partial charge in [0.1, 0.15) is 0 Å². The summed E-state index contributed by atoms with van der Waals surface area (Å²) >= 11 is 11.7. The molecule has 1 aromatic carbocycles. The van der Waals surface area contributed by atoms with Gasteiger partial charge in [-0.2, -0.15) is 0 Å². The predicted octanol–water partition coefficient (Wildman–Crippen LogP) is 3.27. The van der Waals surface area contributed by atoms with Crippen LogP contribution in [0.15, 0.2) is 30.4 Å². The van der Waals surface area contributed by atoms with Crippen LogP contribution in [0.5, 0.6) is 0 Å². The second-order valence-corrected chi connectivity index (χ2v) is 6.73. The van der Waals surface area contributed by atoms with E-state index < -0.39 is 0 Å². The van der Waals surface area contributed by atoms with Crippen molar-refractivity contribution < 1.29 is 14.4 Å². The van der Waals surface area contributed by atoms with Gasteiger partial charge in [0.2, 0.25) is 17.7 Å². The molecule has 0 spiro atoms. The Morgan fingerprint density at radius 2 is 1.71 bits per heavy atom. The molecule has 3 rings (SSSR count). The minimum atomic E-state index is -0.290. The summed E-state index contributed by atoms with van der Waals surface area (Å²) in [7, 11) is 0. The van der Waals surface area contributed by atoms with Gasteiger partial charge in [-0.15, -0.1) is 0 Å². The van der Waals surface area contributed by atoms with Crippen LogP contribution in [0.1, 0.15) is 19.3 Å². The van der Waals surface area contributed by atoms with E-state index in [1.54, 1.807) is 18.2 Å². The van der Waals surface area contributed by atoms with Crippen LogP contribution >= 0.6 is 23.2 Å². The number of benzene rings is 1. The average molecular weight is 367 g/mol. The van der Waals surface area contributed by atoms with Gasteiger partial charge in [0, 0.05) is 18.7 Å². The fourth-order valence-corrected chi connectivity index (χ4v) is 3.40. The van der Waals surface area contributed by atoms with Crippen molar-refractivity contribution in [3.63, 3.8) is 0 Å². The van der Waals surface area contributed by atoms with Gasteiger partial charge in [0.15, 0.2) is 0 Å². The Hall–Kier alpha value is -1.85. The van der Waals surface area contributed by atoms with Gasteiger partial charge in [0.05, 0.1) is 21.9 Å². The minimum absolute atomic E-state index is 0.0462. The summed E-state index contributed by atoms with van der Waals surface area (Å²) < 4.78 is 0. The van der Waals surface area contributed by atoms with Crippen LogP contribution in [0, 0.1) is 11.8 Å². The topological polar surface area (TPSA) is 66.5 Å². The Morgan fingerprint density at radius 1 is 1.08 bits per heavy atom. The van der Waals surface area contributed by atoms with Crippen LogP contribution in [-0.2, 0) is 14.4 Å². The van der Waals surface area contributed by atoms with Gasteiger partial charge in [-0.3, -0.25) is 19.3 Å². The van der Waals surface area contributed by atoms with E-state index in [4.69, 9.17) is 23.2 Å². The van der Waals surface area contributed by atoms with Crippen molar-refractivity contribution in [2.75, 3.05) is 11.9 Å². The van der Waals surface area contributed by atoms with Gasteiger partial charge < -0.3 is 5.32 Å². The molecule has 1 fully saturated rings.